The van der Waals surface area contributed by atoms with Gasteiger partial charge in [-0.1, -0.05) is 17.7 Å². The Bertz CT molecular complexity index is 711. The molecule has 0 heterocycles. The van der Waals surface area contributed by atoms with E-state index in [9.17, 15) is 4.79 Å². The molecule has 0 saturated carbocycles. The van der Waals surface area contributed by atoms with Crippen molar-refractivity contribution in [3.63, 3.8) is 0 Å². The lowest BCUT2D eigenvalue weighted by Gasteiger charge is -2.09. The van der Waals surface area contributed by atoms with E-state index in [-0.39, 0.29) is 0 Å². The van der Waals surface area contributed by atoms with Crippen LogP contribution in [0, 0.1) is 6.92 Å². The van der Waals surface area contributed by atoms with Crippen LogP contribution in [0.1, 0.15) is 11.1 Å². The van der Waals surface area contributed by atoms with Crippen molar-refractivity contribution in [2.75, 3.05) is 0 Å². The Balaban J connectivity index is 2.22. The molecule has 108 valence electrons. The summed E-state index contributed by atoms with van der Waals surface area (Å²) in [4.78, 5) is 10.5. The number of carboxylic acids is 1. The van der Waals surface area contributed by atoms with E-state index in [4.69, 9.17) is 21.4 Å². The van der Waals surface area contributed by atoms with Crippen molar-refractivity contribution in [1.82, 2.24) is 0 Å². The molecular formula is C16H12BrClO3. The molecule has 0 aliphatic carbocycles. The second-order valence-electron chi connectivity index (χ2n) is 4.39. The number of ether oxygens (including phenoxy) is 1. The monoisotopic (exact) mass is 366 g/mol. The summed E-state index contributed by atoms with van der Waals surface area (Å²) in [6.45, 7) is 2.00. The van der Waals surface area contributed by atoms with Gasteiger partial charge in [0.25, 0.3) is 0 Å². The van der Waals surface area contributed by atoms with Gasteiger partial charge in [0.1, 0.15) is 11.5 Å². The molecule has 5 heteroatoms. The van der Waals surface area contributed by atoms with Crippen molar-refractivity contribution in [1.29, 1.82) is 0 Å². The predicted octanol–water partition coefficient (Wildman–Crippen LogP) is 5.30. The molecule has 0 aromatic heterocycles. The number of benzene rings is 2. The molecule has 0 amide bonds. The summed E-state index contributed by atoms with van der Waals surface area (Å²) in [6, 6.07) is 10.9. The highest BCUT2D eigenvalue weighted by atomic mass is 79.9. The van der Waals surface area contributed by atoms with E-state index in [1.54, 1.807) is 18.2 Å². The summed E-state index contributed by atoms with van der Waals surface area (Å²) >= 11 is 9.55. The number of hydrogen-bond acceptors (Lipinski definition) is 2. The number of hydrogen-bond donors (Lipinski definition) is 1. The minimum Gasteiger partial charge on any atom is -0.478 e. The van der Waals surface area contributed by atoms with E-state index in [2.05, 4.69) is 15.9 Å². The van der Waals surface area contributed by atoms with Gasteiger partial charge in [-0.3, -0.25) is 0 Å². The van der Waals surface area contributed by atoms with E-state index in [0.717, 1.165) is 16.1 Å². The molecule has 0 atom stereocenters. The summed E-state index contributed by atoms with van der Waals surface area (Å²) in [7, 11) is 0. The second kappa shape index (κ2) is 6.78. The Kier molecular flexibility index (Phi) is 5.04. The van der Waals surface area contributed by atoms with Crippen LogP contribution in [0.4, 0.5) is 0 Å². The molecule has 21 heavy (non-hydrogen) atoms. The zero-order valence-electron chi connectivity index (χ0n) is 11.1. The molecule has 0 spiro atoms. The summed E-state index contributed by atoms with van der Waals surface area (Å²) in [5.41, 5.74) is 1.75. The fraction of sp³-hybridized carbons (Fsp3) is 0.0625. The smallest absolute Gasteiger partial charge is 0.328 e. The van der Waals surface area contributed by atoms with Gasteiger partial charge in [-0.25, -0.2) is 4.79 Å². The summed E-state index contributed by atoms with van der Waals surface area (Å²) in [5, 5.41) is 9.03. The largest absolute Gasteiger partial charge is 0.478 e. The molecule has 2 aromatic rings. The molecule has 3 nitrogen and oxygen atoms in total. The fourth-order valence-electron chi connectivity index (χ4n) is 1.68. The van der Waals surface area contributed by atoms with E-state index in [0.29, 0.717) is 22.1 Å². The van der Waals surface area contributed by atoms with Crippen molar-refractivity contribution in [2.45, 2.75) is 6.92 Å². The van der Waals surface area contributed by atoms with Gasteiger partial charge in [-0.15, -0.1) is 0 Å². The molecule has 0 aliphatic heterocycles. The minimum atomic E-state index is -1.02. The van der Waals surface area contributed by atoms with Crippen LogP contribution in [-0.4, -0.2) is 11.1 Å². The average Bonchev–Trinajstić information content (AvgIpc) is 2.41. The Morgan fingerprint density at radius 1 is 1.29 bits per heavy atom. The van der Waals surface area contributed by atoms with Crippen LogP contribution < -0.4 is 4.74 Å². The quantitative estimate of drug-likeness (QED) is 0.746. The van der Waals surface area contributed by atoms with Crippen molar-refractivity contribution in [3.05, 3.63) is 63.1 Å². The Hall–Kier alpha value is -1.78. The first-order valence-corrected chi connectivity index (χ1v) is 7.27. The van der Waals surface area contributed by atoms with Crippen molar-refractivity contribution < 1.29 is 14.6 Å². The summed E-state index contributed by atoms with van der Waals surface area (Å²) in [6.07, 6.45) is 2.48. The Labute approximate surface area is 135 Å². The summed E-state index contributed by atoms with van der Waals surface area (Å²) in [5.74, 6) is 0.248. The number of aliphatic carboxylic acids is 1. The molecule has 0 saturated heterocycles. The molecule has 0 bridgehead atoms. The Morgan fingerprint density at radius 3 is 2.67 bits per heavy atom. The topological polar surface area (TPSA) is 46.5 Å². The van der Waals surface area contributed by atoms with E-state index >= 15 is 0 Å². The van der Waals surface area contributed by atoms with Gasteiger partial charge >= 0.3 is 5.97 Å². The number of carbonyl (C=O) groups is 1. The van der Waals surface area contributed by atoms with Crippen molar-refractivity contribution in [3.8, 4) is 11.5 Å². The minimum absolute atomic E-state index is 0.424. The third-order valence-electron chi connectivity index (χ3n) is 2.69. The SMILES string of the molecule is Cc1ccc(Oc2ccc(/C=C/C(=O)O)c(Cl)c2)c(Br)c1. The first-order chi connectivity index (χ1) is 9.95. The lowest BCUT2D eigenvalue weighted by Crippen LogP contribution is -1.88. The maximum atomic E-state index is 10.5. The highest BCUT2D eigenvalue weighted by molar-refractivity contribution is 9.10. The zero-order chi connectivity index (χ0) is 15.4. The lowest BCUT2D eigenvalue weighted by molar-refractivity contribution is -0.131. The standard InChI is InChI=1S/C16H12BrClO3/c1-10-2-6-15(13(17)8-10)21-12-5-3-11(14(18)9-12)4-7-16(19)20/h2-9H,1H3,(H,19,20)/b7-4+. The molecular weight excluding hydrogens is 356 g/mol. The van der Waals surface area contributed by atoms with Crippen LogP contribution in [-0.2, 0) is 4.79 Å². The third-order valence-corrected chi connectivity index (χ3v) is 3.64. The molecule has 0 unspecified atom stereocenters. The highest BCUT2D eigenvalue weighted by Gasteiger charge is 2.05. The van der Waals surface area contributed by atoms with Gasteiger partial charge in [0, 0.05) is 6.08 Å². The van der Waals surface area contributed by atoms with Crippen LogP contribution in [0.2, 0.25) is 5.02 Å². The maximum absolute atomic E-state index is 10.5. The van der Waals surface area contributed by atoms with Crippen molar-refractivity contribution in [2.24, 2.45) is 0 Å². The normalized spacial score (nSPS) is 10.8. The van der Waals surface area contributed by atoms with Gasteiger partial charge in [0.2, 0.25) is 0 Å². The Morgan fingerprint density at radius 2 is 2.05 bits per heavy atom. The fourth-order valence-corrected chi connectivity index (χ4v) is 2.49. The number of carboxylic acid groups (broad SMARTS) is 1. The van der Waals surface area contributed by atoms with E-state index in [1.165, 1.54) is 6.08 Å². The zero-order valence-corrected chi connectivity index (χ0v) is 13.5. The number of aryl methyl sites for hydroxylation is 1. The van der Waals surface area contributed by atoms with Gasteiger partial charge in [-0.2, -0.15) is 0 Å². The number of halogens is 2. The molecule has 0 radical (unpaired) electrons. The number of rotatable bonds is 4. The first kappa shape index (κ1) is 15.6. The second-order valence-corrected chi connectivity index (χ2v) is 5.65. The summed E-state index contributed by atoms with van der Waals surface area (Å²) < 4.78 is 6.61. The molecule has 1 N–H and O–H groups in total. The van der Waals surface area contributed by atoms with Crippen LogP contribution >= 0.6 is 27.5 Å². The van der Waals surface area contributed by atoms with Gasteiger partial charge in [0.15, 0.2) is 0 Å². The van der Waals surface area contributed by atoms with Gasteiger partial charge in [-0.05, 0) is 70.4 Å². The molecule has 0 fully saturated rings. The molecule has 0 aliphatic rings. The van der Waals surface area contributed by atoms with Crippen LogP contribution in [0.5, 0.6) is 11.5 Å². The highest BCUT2D eigenvalue weighted by Crippen LogP contribution is 2.32. The third kappa shape index (κ3) is 4.34. The maximum Gasteiger partial charge on any atom is 0.328 e. The lowest BCUT2D eigenvalue weighted by atomic mass is 10.2. The van der Waals surface area contributed by atoms with Crippen LogP contribution in [0.25, 0.3) is 6.08 Å². The van der Waals surface area contributed by atoms with Crippen molar-refractivity contribution >= 4 is 39.6 Å². The van der Waals surface area contributed by atoms with Gasteiger partial charge in [0.05, 0.1) is 9.50 Å². The van der Waals surface area contributed by atoms with Crippen LogP contribution in [0.3, 0.4) is 0 Å². The molecule has 2 aromatic carbocycles. The van der Waals surface area contributed by atoms with Gasteiger partial charge < -0.3 is 9.84 Å². The molecule has 2 rings (SSSR count). The first-order valence-electron chi connectivity index (χ1n) is 6.10. The van der Waals surface area contributed by atoms with E-state index in [1.807, 2.05) is 25.1 Å². The van der Waals surface area contributed by atoms with Crippen LogP contribution in [0.15, 0.2) is 46.9 Å². The predicted molar refractivity (Wildman–Crippen MR) is 87.1 cm³/mol. The van der Waals surface area contributed by atoms with E-state index < -0.39 is 5.97 Å². The average molecular weight is 368 g/mol.